The maximum atomic E-state index is 12.9. The summed E-state index contributed by atoms with van der Waals surface area (Å²) in [5, 5.41) is 14.2. The molecule has 1 heterocycles. The van der Waals surface area contributed by atoms with E-state index in [-0.39, 0.29) is 5.69 Å². The minimum atomic E-state index is -4.77. The van der Waals surface area contributed by atoms with Gasteiger partial charge in [-0.05, 0) is 25.1 Å². The van der Waals surface area contributed by atoms with Gasteiger partial charge in [-0.1, -0.05) is 0 Å². The molecule has 1 aromatic carbocycles. The van der Waals surface area contributed by atoms with Gasteiger partial charge in [0.1, 0.15) is 6.33 Å². The van der Waals surface area contributed by atoms with Gasteiger partial charge in [0.25, 0.3) is 5.91 Å². The average molecular weight is 335 g/mol. The zero-order valence-corrected chi connectivity index (χ0v) is 12.5. The average Bonchev–Trinajstić information content (AvgIpc) is 2.55. The highest BCUT2D eigenvalue weighted by molar-refractivity contribution is 6.06. The summed E-state index contributed by atoms with van der Waals surface area (Å²) in [6, 6.07) is 6.32. The Morgan fingerprint density at radius 1 is 1.33 bits per heavy atom. The predicted molar refractivity (Wildman–Crippen MR) is 80.3 cm³/mol. The van der Waals surface area contributed by atoms with E-state index < -0.39 is 23.3 Å². The molecule has 0 spiro atoms. The molecule has 0 aliphatic rings. The van der Waals surface area contributed by atoms with E-state index in [0.29, 0.717) is 17.8 Å². The summed E-state index contributed by atoms with van der Waals surface area (Å²) in [4.78, 5) is 18.8. The Balaban J connectivity index is 2.36. The van der Waals surface area contributed by atoms with Crippen molar-refractivity contribution in [2.45, 2.75) is 13.1 Å². The maximum absolute atomic E-state index is 12.9. The van der Waals surface area contributed by atoms with Crippen molar-refractivity contribution in [3.63, 3.8) is 0 Å². The summed E-state index contributed by atoms with van der Waals surface area (Å²) in [7, 11) is 0. The van der Waals surface area contributed by atoms with Crippen molar-refractivity contribution in [2.24, 2.45) is 0 Å². The molecule has 2 N–H and O–H groups in total. The maximum Gasteiger partial charge on any atom is 0.434 e. The van der Waals surface area contributed by atoms with Crippen LogP contribution in [0.4, 0.5) is 24.5 Å². The van der Waals surface area contributed by atoms with Crippen molar-refractivity contribution in [1.82, 2.24) is 9.97 Å². The van der Waals surface area contributed by atoms with E-state index in [2.05, 4.69) is 20.6 Å². The molecule has 0 radical (unpaired) electrons. The number of benzene rings is 1. The van der Waals surface area contributed by atoms with Gasteiger partial charge in [-0.2, -0.15) is 18.4 Å². The fourth-order valence-corrected chi connectivity index (χ4v) is 1.97. The third kappa shape index (κ3) is 3.78. The molecular weight excluding hydrogens is 323 g/mol. The molecule has 1 aromatic heterocycles. The van der Waals surface area contributed by atoms with E-state index >= 15 is 0 Å². The van der Waals surface area contributed by atoms with Crippen molar-refractivity contribution >= 4 is 17.3 Å². The molecule has 0 atom stereocenters. The number of nitriles is 1. The molecule has 124 valence electrons. The highest BCUT2D eigenvalue weighted by Gasteiger charge is 2.37. The molecule has 0 saturated heterocycles. The highest BCUT2D eigenvalue weighted by atomic mass is 19.4. The van der Waals surface area contributed by atoms with Gasteiger partial charge in [-0.3, -0.25) is 4.79 Å². The first-order chi connectivity index (χ1) is 11.4. The summed E-state index contributed by atoms with van der Waals surface area (Å²) in [6.45, 7) is 2.30. The Morgan fingerprint density at radius 3 is 2.71 bits per heavy atom. The second-order valence-corrected chi connectivity index (χ2v) is 4.64. The van der Waals surface area contributed by atoms with Crippen molar-refractivity contribution < 1.29 is 18.0 Å². The molecule has 2 aromatic rings. The van der Waals surface area contributed by atoms with Gasteiger partial charge < -0.3 is 10.6 Å². The predicted octanol–water partition coefficient (Wildman–Crippen LogP) is 3.05. The fourth-order valence-electron chi connectivity index (χ4n) is 1.97. The lowest BCUT2D eigenvalue weighted by molar-refractivity contribution is -0.141. The van der Waals surface area contributed by atoms with Crippen LogP contribution in [0, 0.1) is 11.3 Å². The lowest BCUT2D eigenvalue weighted by Crippen LogP contribution is -2.21. The first-order valence-electron chi connectivity index (χ1n) is 6.83. The fraction of sp³-hybridized carbons (Fsp3) is 0.200. The Hall–Kier alpha value is -3.15. The molecule has 24 heavy (non-hydrogen) atoms. The van der Waals surface area contributed by atoms with Gasteiger partial charge in [0.15, 0.2) is 5.69 Å². The van der Waals surface area contributed by atoms with Crippen molar-refractivity contribution in [2.75, 3.05) is 17.2 Å². The molecule has 9 heteroatoms. The van der Waals surface area contributed by atoms with E-state index in [1.807, 2.05) is 6.07 Å². The molecule has 0 aliphatic carbocycles. The summed E-state index contributed by atoms with van der Waals surface area (Å²) in [5.41, 5.74) is -0.971. The number of hydrogen-bond acceptors (Lipinski definition) is 5. The molecule has 0 aliphatic heterocycles. The number of alkyl halides is 3. The zero-order valence-electron chi connectivity index (χ0n) is 12.5. The van der Waals surface area contributed by atoms with E-state index in [1.165, 1.54) is 18.2 Å². The van der Waals surface area contributed by atoms with Crippen LogP contribution in [0.5, 0.6) is 0 Å². The van der Waals surface area contributed by atoms with E-state index in [1.54, 1.807) is 6.92 Å². The van der Waals surface area contributed by atoms with Crippen LogP contribution < -0.4 is 10.6 Å². The van der Waals surface area contributed by atoms with Crippen molar-refractivity contribution in [3.8, 4) is 6.07 Å². The van der Waals surface area contributed by atoms with Crippen LogP contribution in [0.3, 0.4) is 0 Å². The number of halogens is 3. The third-order valence-electron chi connectivity index (χ3n) is 2.99. The summed E-state index contributed by atoms with van der Waals surface area (Å²) >= 11 is 0. The van der Waals surface area contributed by atoms with Crippen molar-refractivity contribution in [3.05, 3.63) is 47.5 Å². The normalized spacial score (nSPS) is 10.8. The quantitative estimate of drug-likeness (QED) is 0.896. The van der Waals surface area contributed by atoms with Crippen LogP contribution in [-0.2, 0) is 6.18 Å². The van der Waals surface area contributed by atoms with E-state index in [9.17, 15) is 18.0 Å². The van der Waals surface area contributed by atoms with Gasteiger partial charge in [0.05, 0.1) is 28.6 Å². The van der Waals surface area contributed by atoms with E-state index in [4.69, 9.17) is 5.26 Å². The van der Waals surface area contributed by atoms with Crippen LogP contribution in [0.25, 0.3) is 0 Å². The molecule has 6 nitrogen and oxygen atoms in total. The molecule has 0 bridgehead atoms. The number of hydrogen-bond donors (Lipinski definition) is 2. The van der Waals surface area contributed by atoms with Crippen LogP contribution in [0.2, 0.25) is 0 Å². The topological polar surface area (TPSA) is 90.7 Å². The van der Waals surface area contributed by atoms with Gasteiger partial charge in [-0.15, -0.1) is 0 Å². The summed E-state index contributed by atoms with van der Waals surface area (Å²) in [5.74, 6) is -0.994. The summed E-state index contributed by atoms with van der Waals surface area (Å²) in [6.07, 6.45) is -3.24. The lowest BCUT2D eigenvalue weighted by atomic mass is 10.1. The molecule has 0 fully saturated rings. The number of nitrogens with one attached hydrogen (secondary N) is 2. The van der Waals surface area contributed by atoms with Gasteiger partial charge >= 0.3 is 6.18 Å². The Kier molecular flexibility index (Phi) is 4.99. The number of amides is 1. The second-order valence-electron chi connectivity index (χ2n) is 4.64. The first-order valence-corrected chi connectivity index (χ1v) is 6.83. The van der Waals surface area contributed by atoms with Gasteiger partial charge in [0.2, 0.25) is 0 Å². The molecule has 2 rings (SSSR count). The molecule has 0 unspecified atom stereocenters. The third-order valence-corrected chi connectivity index (χ3v) is 2.99. The number of nitrogens with zero attached hydrogens (tertiary/aromatic N) is 3. The number of carbonyl (C=O) groups is 1. The minimum absolute atomic E-state index is 0.248. The number of rotatable bonds is 4. The van der Waals surface area contributed by atoms with E-state index in [0.717, 1.165) is 12.5 Å². The molecule has 0 saturated carbocycles. The van der Waals surface area contributed by atoms with Crippen molar-refractivity contribution in [1.29, 1.82) is 5.26 Å². The van der Waals surface area contributed by atoms with Gasteiger partial charge in [0, 0.05) is 12.7 Å². The summed E-state index contributed by atoms with van der Waals surface area (Å²) < 4.78 is 38.8. The number of carbonyl (C=O) groups excluding carboxylic acids is 1. The van der Waals surface area contributed by atoms with Crippen LogP contribution in [0.1, 0.15) is 28.5 Å². The lowest BCUT2D eigenvalue weighted by Gasteiger charge is -2.14. The van der Waals surface area contributed by atoms with Crippen LogP contribution >= 0.6 is 0 Å². The Bertz CT molecular complexity index is 798. The molecule has 1 amide bonds. The second kappa shape index (κ2) is 6.95. The minimum Gasteiger partial charge on any atom is -0.384 e. The number of aromatic nitrogens is 2. The largest absolute Gasteiger partial charge is 0.434 e. The Morgan fingerprint density at radius 2 is 2.08 bits per heavy atom. The number of anilines is 2. The van der Waals surface area contributed by atoms with Gasteiger partial charge in [-0.25, -0.2) is 9.97 Å². The molecular formula is C15H12F3N5O. The highest BCUT2D eigenvalue weighted by Crippen LogP contribution is 2.30. The monoisotopic (exact) mass is 335 g/mol. The van der Waals surface area contributed by atoms with Crippen LogP contribution in [-0.4, -0.2) is 22.4 Å². The smallest absolute Gasteiger partial charge is 0.384 e. The SMILES string of the molecule is CCNc1cc(C#N)ccc1NC(=O)c1cncnc1C(F)(F)F. The Labute approximate surface area is 135 Å². The van der Waals surface area contributed by atoms with Crippen LogP contribution in [0.15, 0.2) is 30.7 Å². The standard InChI is InChI=1S/C15H12F3N5O/c1-2-21-12-5-9(6-19)3-4-11(12)23-14(24)10-7-20-8-22-13(10)15(16,17)18/h3-5,7-8,21H,2H2,1H3,(H,23,24). The first kappa shape index (κ1) is 17.2. The zero-order chi connectivity index (χ0) is 17.7.